The fourth-order valence-corrected chi connectivity index (χ4v) is 1.17. The third-order valence-corrected chi connectivity index (χ3v) is 2.08. The number of nitrogens with one attached hydrogen (secondary N) is 1. The molecule has 0 aliphatic heterocycles. The lowest BCUT2D eigenvalue weighted by Crippen LogP contribution is -2.49. The number of amides is 1. The van der Waals surface area contributed by atoms with Crippen LogP contribution in [-0.2, 0) is 14.3 Å². The Morgan fingerprint density at radius 3 is 2.59 bits per heavy atom. The van der Waals surface area contributed by atoms with Crippen LogP contribution in [0.25, 0.3) is 0 Å². The molecule has 7 heteroatoms. The van der Waals surface area contributed by atoms with Gasteiger partial charge in [0, 0.05) is 7.11 Å². The van der Waals surface area contributed by atoms with E-state index in [0.717, 1.165) is 0 Å². The van der Waals surface area contributed by atoms with Crippen LogP contribution >= 0.6 is 0 Å². The van der Waals surface area contributed by atoms with Gasteiger partial charge in [-0.2, -0.15) is 0 Å². The molecule has 0 aromatic rings. The number of methoxy groups -OCH3 is 1. The van der Waals surface area contributed by atoms with Crippen LogP contribution in [0.3, 0.4) is 0 Å². The van der Waals surface area contributed by atoms with E-state index in [0.29, 0.717) is 13.2 Å². The Morgan fingerprint density at radius 2 is 2.12 bits per heavy atom. The van der Waals surface area contributed by atoms with Crippen LogP contribution in [-0.4, -0.2) is 49.9 Å². The van der Waals surface area contributed by atoms with Crippen LogP contribution < -0.4 is 11.1 Å². The third-order valence-electron chi connectivity index (χ3n) is 2.08. The standard InChI is InChI=1S/C10H21N3O4/c1-7(2)9(10(11)13-15)12-8(14)6-17-5-4-16-3/h7,9,15H,4-6H2,1-3H3,(H2,11,13)(H,12,14). The number of nitrogens with two attached hydrogens (primary N) is 1. The van der Waals surface area contributed by atoms with Crippen LogP contribution in [0.15, 0.2) is 5.16 Å². The number of amidine groups is 1. The predicted octanol–water partition coefficient (Wildman–Crippen LogP) is -0.463. The molecule has 0 saturated carbocycles. The van der Waals surface area contributed by atoms with Gasteiger partial charge in [-0.15, -0.1) is 0 Å². The molecule has 1 atom stereocenters. The summed E-state index contributed by atoms with van der Waals surface area (Å²) < 4.78 is 9.82. The first-order chi connectivity index (χ1) is 8.02. The van der Waals surface area contributed by atoms with Crippen molar-refractivity contribution >= 4 is 11.7 Å². The maximum atomic E-state index is 11.5. The zero-order valence-electron chi connectivity index (χ0n) is 10.5. The van der Waals surface area contributed by atoms with Crippen molar-refractivity contribution in [3.8, 4) is 0 Å². The molecule has 0 aliphatic carbocycles. The van der Waals surface area contributed by atoms with Crippen LogP contribution in [0.5, 0.6) is 0 Å². The van der Waals surface area contributed by atoms with E-state index in [1.807, 2.05) is 13.8 Å². The molecule has 100 valence electrons. The molecule has 0 rings (SSSR count). The highest BCUT2D eigenvalue weighted by Crippen LogP contribution is 2.01. The molecule has 0 spiro atoms. The van der Waals surface area contributed by atoms with Gasteiger partial charge in [0.25, 0.3) is 0 Å². The van der Waals surface area contributed by atoms with Gasteiger partial charge < -0.3 is 25.7 Å². The van der Waals surface area contributed by atoms with Gasteiger partial charge in [0.05, 0.1) is 19.3 Å². The number of carbonyl (C=O) groups excluding carboxylic acids is 1. The van der Waals surface area contributed by atoms with E-state index >= 15 is 0 Å². The topological polar surface area (TPSA) is 106 Å². The van der Waals surface area contributed by atoms with Gasteiger partial charge in [-0.1, -0.05) is 19.0 Å². The van der Waals surface area contributed by atoms with E-state index < -0.39 is 6.04 Å². The molecule has 0 aromatic heterocycles. The molecule has 0 fully saturated rings. The zero-order chi connectivity index (χ0) is 13.3. The van der Waals surface area contributed by atoms with E-state index in [2.05, 4.69) is 10.5 Å². The van der Waals surface area contributed by atoms with E-state index in [-0.39, 0.29) is 24.3 Å². The number of ether oxygens (including phenoxy) is 2. The molecular weight excluding hydrogens is 226 g/mol. The smallest absolute Gasteiger partial charge is 0.246 e. The van der Waals surface area contributed by atoms with Gasteiger partial charge in [0.1, 0.15) is 6.61 Å². The molecule has 0 heterocycles. The summed E-state index contributed by atoms with van der Waals surface area (Å²) in [4.78, 5) is 11.5. The van der Waals surface area contributed by atoms with Crippen molar-refractivity contribution in [2.75, 3.05) is 26.9 Å². The highest BCUT2D eigenvalue weighted by atomic mass is 16.5. The molecular formula is C10H21N3O4. The lowest BCUT2D eigenvalue weighted by Gasteiger charge is -2.20. The fraction of sp³-hybridized carbons (Fsp3) is 0.800. The van der Waals surface area contributed by atoms with Gasteiger partial charge in [0.15, 0.2) is 5.84 Å². The summed E-state index contributed by atoms with van der Waals surface area (Å²) >= 11 is 0. The molecule has 1 amide bonds. The first-order valence-corrected chi connectivity index (χ1v) is 5.36. The molecule has 1 unspecified atom stereocenters. The molecule has 0 radical (unpaired) electrons. The molecule has 4 N–H and O–H groups in total. The van der Waals surface area contributed by atoms with E-state index in [1.54, 1.807) is 7.11 Å². The van der Waals surface area contributed by atoms with E-state index in [1.165, 1.54) is 0 Å². The van der Waals surface area contributed by atoms with E-state index in [9.17, 15) is 4.79 Å². The normalized spacial score (nSPS) is 13.8. The first-order valence-electron chi connectivity index (χ1n) is 5.36. The number of carbonyl (C=O) groups is 1. The van der Waals surface area contributed by atoms with Gasteiger partial charge in [0.2, 0.25) is 5.91 Å². The van der Waals surface area contributed by atoms with Crippen molar-refractivity contribution in [2.24, 2.45) is 16.8 Å². The van der Waals surface area contributed by atoms with Gasteiger partial charge in [-0.3, -0.25) is 4.79 Å². The summed E-state index contributed by atoms with van der Waals surface area (Å²) in [5, 5.41) is 14.1. The molecule has 0 aromatic carbocycles. The molecule has 7 nitrogen and oxygen atoms in total. The third kappa shape index (κ3) is 6.75. The van der Waals surface area contributed by atoms with Gasteiger partial charge in [-0.25, -0.2) is 0 Å². The minimum Gasteiger partial charge on any atom is -0.409 e. The Morgan fingerprint density at radius 1 is 1.47 bits per heavy atom. The Kier molecular flexibility index (Phi) is 8.08. The average Bonchev–Trinajstić information content (AvgIpc) is 2.30. The lowest BCUT2D eigenvalue weighted by molar-refractivity contribution is -0.126. The van der Waals surface area contributed by atoms with Crippen molar-refractivity contribution in [1.82, 2.24) is 5.32 Å². The monoisotopic (exact) mass is 247 g/mol. The number of nitrogens with zero attached hydrogens (tertiary/aromatic N) is 1. The average molecular weight is 247 g/mol. The summed E-state index contributed by atoms with van der Waals surface area (Å²) in [6.07, 6.45) is 0. The maximum absolute atomic E-state index is 11.5. The van der Waals surface area contributed by atoms with Crippen LogP contribution in [0.4, 0.5) is 0 Å². The molecule has 0 saturated heterocycles. The van der Waals surface area contributed by atoms with Crippen molar-refractivity contribution in [1.29, 1.82) is 0 Å². The Balaban J connectivity index is 4.05. The van der Waals surface area contributed by atoms with E-state index in [4.69, 9.17) is 20.4 Å². The van der Waals surface area contributed by atoms with Crippen LogP contribution in [0, 0.1) is 5.92 Å². The van der Waals surface area contributed by atoms with Gasteiger partial charge >= 0.3 is 0 Å². The highest BCUT2D eigenvalue weighted by Gasteiger charge is 2.20. The summed E-state index contributed by atoms with van der Waals surface area (Å²) in [5.74, 6) is -0.314. The Labute approximate surface area is 101 Å². The van der Waals surface area contributed by atoms with Crippen molar-refractivity contribution < 1.29 is 19.5 Å². The van der Waals surface area contributed by atoms with Crippen LogP contribution in [0.2, 0.25) is 0 Å². The van der Waals surface area contributed by atoms with Gasteiger partial charge in [-0.05, 0) is 5.92 Å². The number of hydrogen-bond donors (Lipinski definition) is 3. The predicted molar refractivity (Wildman–Crippen MR) is 62.9 cm³/mol. The Bertz CT molecular complexity index is 256. The fourth-order valence-electron chi connectivity index (χ4n) is 1.17. The SMILES string of the molecule is COCCOCC(=O)NC(C(N)=NO)C(C)C. The lowest BCUT2D eigenvalue weighted by atomic mass is 10.0. The van der Waals surface area contributed by atoms with Crippen molar-refractivity contribution in [2.45, 2.75) is 19.9 Å². The summed E-state index contributed by atoms with van der Waals surface area (Å²) in [6, 6.07) is -0.501. The number of hydrogen-bond acceptors (Lipinski definition) is 5. The number of rotatable bonds is 8. The minimum atomic E-state index is -0.501. The first kappa shape index (κ1) is 15.7. The molecule has 0 aliphatic rings. The van der Waals surface area contributed by atoms with Crippen LogP contribution in [0.1, 0.15) is 13.8 Å². The largest absolute Gasteiger partial charge is 0.409 e. The summed E-state index contributed by atoms with van der Waals surface area (Å²) in [7, 11) is 1.55. The maximum Gasteiger partial charge on any atom is 0.246 e. The number of oxime groups is 1. The summed E-state index contributed by atoms with van der Waals surface area (Å²) in [5.41, 5.74) is 5.47. The van der Waals surface area contributed by atoms with Crippen molar-refractivity contribution in [3.05, 3.63) is 0 Å². The minimum absolute atomic E-state index is 0.0221. The second-order valence-electron chi connectivity index (χ2n) is 3.86. The quantitative estimate of drug-likeness (QED) is 0.177. The zero-order valence-corrected chi connectivity index (χ0v) is 10.5. The second kappa shape index (κ2) is 8.77. The van der Waals surface area contributed by atoms with Crippen molar-refractivity contribution in [3.63, 3.8) is 0 Å². The molecule has 17 heavy (non-hydrogen) atoms. The Hall–Kier alpha value is -1.34. The highest BCUT2D eigenvalue weighted by molar-refractivity contribution is 5.90. The summed E-state index contributed by atoms with van der Waals surface area (Å²) in [6.45, 7) is 4.41. The molecule has 0 bridgehead atoms. The second-order valence-corrected chi connectivity index (χ2v) is 3.86.